The first-order valence-corrected chi connectivity index (χ1v) is 13.7. The molecule has 204 valence electrons. The van der Waals surface area contributed by atoms with Crippen LogP contribution >= 0.6 is 0 Å². The van der Waals surface area contributed by atoms with Crippen molar-refractivity contribution in [3.8, 4) is 11.1 Å². The molecule has 1 aliphatic rings. The number of anilines is 1. The number of rotatable bonds is 12. The maximum absolute atomic E-state index is 13.4. The molecule has 0 radical (unpaired) electrons. The SMILES string of the molecule is CCN1CCCC1CNC(=O)N(CCCCCCC(=O)NO)c1ccc(-c2ccc3cnn(C)c3c2)cc1. The number of hydroxylamine groups is 1. The van der Waals surface area contributed by atoms with Crippen molar-refractivity contribution in [1.29, 1.82) is 0 Å². The number of hydrogen-bond donors (Lipinski definition) is 3. The third-order valence-corrected chi connectivity index (χ3v) is 7.56. The van der Waals surface area contributed by atoms with Crippen LogP contribution in [0, 0.1) is 0 Å². The van der Waals surface area contributed by atoms with Crippen molar-refractivity contribution in [2.45, 2.75) is 57.9 Å². The van der Waals surface area contributed by atoms with Crippen LogP contribution in [0.2, 0.25) is 0 Å². The van der Waals surface area contributed by atoms with Crippen molar-refractivity contribution < 1.29 is 14.8 Å². The van der Waals surface area contributed by atoms with Crippen molar-refractivity contribution in [3.05, 3.63) is 48.7 Å². The number of carbonyl (C=O) groups excluding carboxylic acids is 2. The summed E-state index contributed by atoms with van der Waals surface area (Å²) in [5.41, 5.74) is 5.82. The van der Waals surface area contributed by atoms with E-state index in [1.54, 1.807) is 5.48 Å². The third-order valence-electron chi connectivity index (χ3n) is 7.56. The van der Waals surface area contributed by atoms with Crippen LogP contribution in [0.4, 0.5) is 10.5 Å². The molecule has 1 aromatic heterocycles. The number of unbranched alkanes of at least 4 members (excludes halogenated alkanes) is 3. The standard InChI is InChI=1S/C29H40N6O3/c1-3-34-17-8-9-26(34)21-30-29(37)35(18-7-5-4-6-10-28(36)32-38)25-15-13-22(14-16-25)23-11-12-24-20-31-33(2)27(24)19-23/h11-16,19-20,26,38H,3-10,17-18,21H2,1-2H3,(H,30,37)(H,32,36). The molecule has 38 heavy (non-hydrogen) atoms. The van der Waals surface area contributed by atoms with E-state index in [1.807, 2.05) is 35.0 Å². The predicted molar refractivity (Wildman–Crippen MR) is 150 cm³/mol. The Morgan fingerprint density at radius 2 is 1.84 bits per heavy atom. The molecule has 3 N–H and O–H groups in total. The van der Waals surface area contributed by atoms with E-state index in [2.05, 4.69) is 52.6 Å². The number of urea groups is 1. The van der Waals surface area contributed by atoms with Crippen molar-refractivity contribution in [3.63, 3.8) is 0 Å². The van der Waals surface area contributed by atoms with Crippen LogP contribution in [0.3, 0.4) is 0 Å². The average Bonchev–Trinajstić information content (AvgIpc) is 3.57. The lowest BCUT2D eigenvalue weighted by molar-refractivity contribution is -0.129. The Morgan fingerprint density at radius 1 is 1.08 bits per heavy atom. The van der Waals surface area contributed by atoms with E-state index in [9.17, 15) is 9.59 Å². The van der Waals surface area contributed by atoms with Gasteiger partial charge in [0, 0.05) is 43.7 Å². The normalized spacial score (nSPS) is 15.6. The van der Waals surface area contributed by atoms with Gasteiger partial charge in [-0.2, -0.15) is 5.10 Å². The van der Waals surface area contributed by atoms with Gasteiger partial charge in [0.2, 0.25) is 5.91 Å². The molecule has 1 fully saturated rings. The molecule has 0 saturated carbocycles. The number of carbonyl (C=O) groups is 2. The number of aryl methyl sites for hydroxylation is 1. The first kappa shape index (κ1) is 27.6. The van der Waals surface area contributed by atoms with Crippen LogP contribution in [0.1, 0.15) is 51.9 Å². The number of nitrogens with zero attached hydrogens (tertiary/aromatic N) is 4. The van der Waals surface area contributed by atoms with Gasteiger partial charge in [-0.3, -0.25) is 24.5 Å². The third kappa shape index (κ3) is 6.90. The fraction of sp³-hybridized carbons (Fsp3) is 0.483. The molecule has 3 amide bonds. The summed E-state index contributed by atoms with van der Waals surface area (Å²) >= 11 is 0. The number of aromatic nitrogens is 2. The second kappa shape index (κ2) is 13.4. The van der Waals surface area contributed by atoms with Crippen molar-refractivity contribution in [2.75, 3.05) is 31.1 Å². The second-order valence-corrected chi connectivity index (χ2v) is 10.1. The van der Waals surface area contributed by atoms with E-state index in [4.69, 9.17) is 5.21 Å². The van der Waals surface area contributed by atoms with Crippen LogP contribution in [-0.4, -0.2) is 64.0 Å². The van der Waals surface area contributed by atoms with Gasteiger partial charge in [0.25, 0.3) is 0 Å². The number of fused-ring (bicyclic) bond motifs is 1. The van der Waals surface area contributed by atoms with Gasteiger partial charge in [-0.1, -0.05) is 44.0 Å². The highest BCUT2D eigenvalue weighted by atomic mass is 16.5. The lowest BCUT2D eigenvalue weighted by atomic mass is 10.0. The number of hydrogen-bond acceptors (Lipinski definition) is 5. The minimum atomic E-state index is -0.360. The summed E-state index contributed by atoms with van der Waals surface area (Å²) in [6.45, 7) is 5.53. The van der Waals surface area contributed by atoms with Crippen LogP contribution in [0.5, 0.6) is 0 Å². The first-order valence-electron chi connectivity index (χ1n) is 13.7. The smallest absolute Gasteiger partial charge is 0.321 e. The van der Waals surface area contributed by atoms with E-state index >= 15 is 0 Å². The van der Waals surface area contributed by atoms with Gasteiger partial charge in [-0.25, -0.2) is 10.3 Å². The number of likely N-dealkylation sites (N-methyl/N-ethyl adjacent to an activating group) is 1. The summed E-state index contributed by atoms with van der Waals surface area (Å²) in [5, 5.41) is 17.3. The minimum Gasteiger partial charge on any atom is -0.336 e. The van der Waals surface area contributed by atoms with Crippen molar-refractivity contribution in [2.24, 2.45) is 7.05 Å². The molecule has 2 aromatic carbocycles. The van der Waals surface area contributed by atoms with Crippen molar-refractivity contribution >= 4 is 28.5 Å². The maximum atomic E-state index is 13.4. The zero-order valence-corrected chi connectivity index (χ0v) is 22.5. The molecular formula is C29H40N6O3. The highest BCUT2D eigenvalue weighted by Gasteiger charge is 2.24. The fourth-order valence-corrected chi connectivity index (χ4v) is 5.31. The Labute approximate surface area is 224 Å². The molecule has 0 aliphatic carbocycles. The molecule has 0 spiro atoms. The number of benzene rings is 2. The minimum absolute atomic E-state index is 0.0725. The Balaban J connectivity index is 1.42. The molecule has 1 aliphatic heterocycles. The molecule has 4 rings (SSSR count). The van der Waals surface area contributed by atoms with Gasteiger partial charge in [0.1, 0.15) is 0 Å². The summed E-state index contributed by atoms with van der Waals surface area (Å²) in [7, 11) is 1.94. The molecule has 9 nitrogen and oxygen atoms in total. The molecule has 2 heterocycles. The number of likely N-dealkylation sites (tertiary alicyclic amines) is 1. The Kier molecular flexibility index (Phi) is 9.73. The number of amides is 3. The zero-order valence-electron chi connectivity index (χ0n) is 22.5. The lowest BCUT2D eigenvalue weighted by Gasteiger charge is -2.27. The molecular weight excluding hydrogens is 480 g/mol. The van der Waals surface area contributed by atoms with Crippen LogP contribution in [0.25, 0.3) is 22.0 Å². The highest BCUT2D eigenvalue weighted by molar-refractivity contribution is 5.92. The maximum Gasteiger partial charge on any atom is 0.321 e. The van der Waals surface area contributed by atoms with E-state index in [0.717, 1.165) is 66.5 Å². The quantitative estimate of drug-likeness (QED) is 0.183. The second-order valence-electron chi connectivity index (χ2n) is 10.1. The Hall–Kier alpha value is -3.43. The van der Waals surface area contributed by atoms with E-state index in [0.29, 0.717) is 32.0 Å². The van der Waals surface area contributed by atoms with Crippen molar-refractivity contribution in [1.82, 2.24) is 25.5 Å². The number of nitrogens with one attached hydrogen (secondary N) is 2. The monoisotopic (exact) mass is 520 g/mol. The summed E-state index contributed by atoms with van der Waals surface area (Å²) in [6.07, 6.45) is 7.78. The van der Waals surface area contributed by atoms with Crippen LogP contribution < -0.4 is 15.7 Å². The first-order chi connectivity index (χ1) is 18.5. The summed E-state index contributed by atoms with van der Waals surface area (Å²) in [4.78, 5) is 28.8. The zero-order chi connectivity index (χ0) is 26.9. The van der Waals surface area contributed by atoms with E-state index < -0.39 is 0 Å². The topological polar surface area (TPSA) is 103 Å². The van der Waals surface area contributed by atoms with E-state index in [-0.39, 0.29) is 11.9 Å². The van der Waals surface area contributed by atoms with E-state index in [1.165, 1.54) is 6.42 Å². The highest BCUT2D eigenvalue weighted by Crippen LogP contribution is 2.27. The van der Waals surface area contributed by atoms with Gasteiger partial charge < -0.3 is 5.32 Å². The van der Waals surface area contributed by atoms with Gasteiger partial charge in [-0.05, 0) is 68.1 Å². The largest absolute Gasteiger partial charge is 0.336 e. The molecule has 1 atom stereocenters. The van der Waals surface area contributed by atoms with Crippen LogP contribution in [-0.2, 0) is 11.8 Å². The molecule has 3 aromatic rings. The fourth-order valence-electron chi connectivity index (χ4n) is 5.31. The Bertz CT molecular complexity index is 1210. The van der Waals surface area contributed by atoms with Gasteiger partial charge in [-0.15, -0.1) is 0 Å². The molecule has 9 heteroatoms. The molecule has 1 saturated heterocycles. The van der Waals surface area contributed by atoms with Gasteiger partial charge >= 0.3 is 6.03 Å². The summed E-state index contributed by atoms with van der Waals surface area (Å²) in [6, 6.07) is 14.8. The predicted octanol–water partition coefficient (Wildman–Crippen LogP) is 4.70. The van der Waals surface area contributed by atoms with Crippen LogP contribution in [0.15, 0.2) is 48.7 Å². The molecule has 0 bridgehead atoms. The lowest BCUT2D eigenvalue weighted by Crippen LogP contribution is -2.46. The summed E-state index contributed by atoms with van der Waals surface area (Å²) in [5.74, 6) is -0.360. The van der Waals surface area contributed by atoms with Gasteiger partial charge in [0.05, 0.1) is 11.7 Å². The summed E-state index contributed by atoms with van der Waals surface area (Å²) < 4.78 is 1.87. The molecule has 1 unspecified atom stereocenters. The Morgan fingerprint density at radius 3 is 2.61 bits per heavy atom. The van der Waals surface area contributed by atoms with Gasteiger partial charge in [0.15, 0.2) is 0 Å². The average molecular weight is 521 g/mol.